The van der Waals surface area contributed by atoms with E-state index in [-0.39, 0.29) is 11.2 Å². The Morgan fingerprint density at radius 3 is 2.45 bits per heavy atom. The molecule has 2 N–H and O–H groups in total. The maximum absolute atomic E-state index is 10.3. The summed E-state index contributed by atoms with van der Waals surface area (Å²) in [6, 6.07) is 0. The molecule has 0 radical (unpaired) electrons. The molecule has 1 heterocycles. The van der Waals surface area contributed by atoms with Crippen LogP contribution >= 0.6 is 12.6 Å². The number of hydrogen-bond donors (Lipinski definition) is 2. The molecule has 1 unspecified atom stereocenters. The summed E-state index contributed by atoms with van der Waals surface area (Å²) in [7, 11) is 0. The summed E-state index contributed by atoms with van der Waals surface area (Å²) in [5.74, 6) is -0.177. The molecule has 0 saturated carbocycles. The number of carbonyl (C=O) groups excluding carboxylic acids is 1. The topological polar surface area (TPSA) is 52.3 Å². The largest absolute Gasteiger partial charge is 0.465 e. The molecule has 1 aliphatic rings. The highest BCUT2D eigenvalue weighted by Gasteiger charge is 2.21. The van der Waals surface area contributed by atoms with Crippen molar-refractivity contribution in [2.45, 2.75) is 25.0 Å². The molecule has 1 rings (SSSR count). The minimum atomic E-state index is -0.177. The first kappa shape index (κ1) is 10.8. The molecule has 11 heavy (non-hydrogen) atoms. The van der Waals surface area contributed by atoms with E-state index >= 15 is 0 Å². The van der Waals surface area contributed by atoms with Gasteiger partial charge in [-0.05, 0) is 13.0 Å². The molecule has 0 spiro atoms. The number of rotatable bonds is 1. The number of ether oxygens (including phenoxy) is 1. The Morgan fingerprint density at radius 1 is 1.82 bits per heavy atom. The quantitative estimate of drug-likeness (QED) is 0.455. The smallest absolute Gasteiger partial charge is 0.318 e. The van der Waals surface area contributed by atoms with Gasteiger partial charge in [0.2, 0.25) is 0 Å². The predicted molar refractivity (Wildman–Crippen MR) is 47.7 cm³/mol. The van der Waals surface area contributed by atoms with E-state index in [1.807, 2.05) is 0 Å². The van der Waals surface area contributed by atoms with Crippen molar-refractivity contribution in [2.24, 2.45) is 5.73 Å². The van der Waals surface area contributed by atoms with Gasteiger partial charge in [-0.3, -0.25) is 4.79 Å². The fourth-order valence-corrected chi connectivity index (χ4v) is 0.665. The highest BCUT2D eigenvalue weighted by molar-refractivity contribution is 7.81. The van der Waals surface area contributed by atoms with Crippen LogP contribution in [0.1, 0.15) is 19.8 Å². The van der Waals surface area contributed by atoms with Gasteiger partial charge in [-0.25, -0.2) is 0 Å². The minimum Gasteiger partial charge on any atom is -0.465 e. The van der Waals surface area contributed by atoms with Crippen molar-refractivity contribution < 1.29 is 9.53 Å². The molecule has 1 saturated heterocycles. The van der Waals surface area contributed by atoms with E-state index in [4.69, 9.17) is 5.73 Å². The second-order valence-electron chi connectivity index (χ2n) is 2.26. The van der Waals surface area contributed by atoms with Gasteiger partial charge in [0, 0.05) is 6.42 Å². The maximum atomic E-state index is 10.3. The third-order valence-corrected chi connectivity index (χ3v) is 1.67. The van der Waals surface area contributed by atoms with E-state index in [0.717, 1.165) is 19.4 Å². The highest BCUT2D eigenvalue weighted by atomic mass is 32.1. The summed E-state index contributed by atoms with van der Waals surface area (Å²) in [5, 5.41) is -0.153. The average Bonchev–Trinajstić information content (AvgIpc) is 2.37. The number of nitrogens with two attached hydrogens (primary N) is 1. The van der Waals surface area contributed by atoms with Gasteiger partial charge in [0.15, 0.2) is 0 Å². The SMILES string of the molecule is CCCN.O=C1OCCC1S. The van der Waals surface area contributed by atoms with Crippen LogP contribution in [0.4, 0.5) is 0 Å². The van der Waals surface area contributed by atoms with E-state index in [9.17, 15) is 4.79 Å². The second kappa shape index (κ2) is 6.49. The maximum Gasteiger partial charge on any atom is 0.318 e. The molecule has 0 bridgehead atoms. The Balaban J connectivity index is 0.000000218. The Kier molecular flexibility index (Phi) is 6.36. The lowest BCUT2D eigenvalue weighted by atomic mass is 10.4. The second-order valence-corrected chi connectivity index (χ2v) is 2.88. The van der Waals surface area contributed by atoms with Crippen LogP contribution in [0, 0.1) is 0 Å². The summed E-state index contributed by atoms with van der Waals surface area (Å²) in [5.41, 5.74) is 5.03. The minimum absolute atomic E-state index is 0.153. The summed E-state index contributed by atoms with van der Waals surface area (Å²) >= 11 is 3.91. The molecule has 1 aliphatic heterocycles. The number of hydrogen-bond acceptors (Lipinski definition) is 4. The number of carbonyl (C=O) groups is 1. The summed E-state index contributed by atoms with van der Waals surface area (Å²) in [6.07, 6.45) is 1.86. The zero-order chi connectivity index (χ0) is 8.69. The molecule has 1 atom stereocenters. The van der Waals surface area contributed by atoms with Crippen molar-refractivity contribution in [3.63, 3.8) is 0 Å². The van der Waals surface area contributed by atoms with Crippen LogP contribution < -0.4 is 5.73 Å². The first-order valence-corrected chi connectivity index (χ1v) is 4.28. The first-order chi connectivity index (χ1) is 5.22. The van der Waals surface area contributed by atoms with E-state index in [2.05, 4.69) is 24.3 Å². The summed E-state index contributed by atoms with van der Waals surface area (Å²) < 4.78 is 4.55. The van der Waals surface area contributed by atoms with Gasteiger partial charge < -0.3 is 10.5 Å². The van der Waals surface area contributed by atoms with Crippen molar-refractivity contribution >= 4 is 18.6 Å². The van der Waals surface area contributed by atoms with Crippen molar-refractivity contribution in [3.8, 4) is 0 Å². The van der Waals surface area contributed by atoms with Gasteiger partial charge in [-0.1, -0.05) is 6.92 Å². The molecule has 0 aliphatic carbocycles. The third kappa shape index (κ3) is 5.09. The predicted octanol–water partition coefficient (Wildman–Crippen LogP) is 0.587. The van der Waals surface area contributed by atoms with Crippen molar-refractivity contribution in [2.75, 3.05) is 13.2 Å². The van der Waals surface area contributed by atoms with Gasteiger partial charge in [-0.2, -0.15) is 12.6 Å². The van der Waals surface area contributed by atoms with Crippen molar-refractivity contribution in [3.05, 3.63) is 0 Å². The molecule has 0 aromatic rings. The van der Waals surface area contributed by atoms with Gasteiger partial charge >= 0.3 is 5.97 Å². The Hall–Kier alpha value is -0.220. The van der Waals surface area contributed by atoms with E-state index < -0.39 is 0 Å². The molecular formula is C7H15NO2S. The van der Waals surface area contributed by atoms with Crippen LogP contribution in [0.5, 0.6) is 0 Å². The monoisotopic (exact) mass is 177 g/mol. The zero-order valence-corrected chi connectivity index (χ0v) is 7.64. The number of thiol groups is 1. The van der Waals surface area contributed by atoms with Gasteiger partial charge in [0.05, 0.1) is 6.61 Å². The molecule has 0 aromatic heterocycles. The number of cyclic esters (lactones) is 1. The van der Waals surface area contributed by atoms with Gasteiger partial charge in [-0.15, -0.1) is 0 Å². The standard InChI is InChI=1S/C4H6O2S.C3H9N/c5-4-3(7)1-2-6-4;1-2-3-4/h3,7H,1-2H2;2-4H2,1H3. The Labute approximate surface area is 72.7 Å². The molecule has 3 nitrogen and oxygen atoms in total. The third-order valence-electron chi connectivity index (χ3n) is 1.20. The van der Waals surface area contributed by atoms with Crippen molar-refractivity contribution in [1.82, 2.24) is 0 Å². The zero-order valence-electron chi connectivity index (χ0n) is 6.75. The summed E-state index contributed by atoms with van der Waals surface area (Å²) in [4.78, 5) is 10.3. The molecular weight excluding hydrogens is 162 g/mol. The number of esters is 1. The van der Waals surface area contributed by atoms with Crippen LogP contribution in [-0.4, -0.2) is 24.4 Å². The van der Waals surface area contributed by atoms with Gasteiger partial charge in [0.1, 0.15) is 5.25 Å². The average molecular weight is 177 g/mol. The fraction of sp³-hybridized carbons (Fsp3) is 0.857. The Bertz CT molecular complexity index is 117. The highest BCUT2D eigenvalue weighted by Crippen LogP contribution is 2.10. The van der Waals surface area contributed by atoms with Crippen LogP contribution in [0.3, 0.4) is 0 Å². The van der Waals surface area contributed by atoms with Crippen LogP contribution in [-0.2, 0) is 9.53 Å². The molecule has 0 amide bonds. The molecule has 66 valence electrons. The first-order valence-electron chi connectivity index (χ1n) is 3.77. The van der Waals surface area contributed by atoms with Crippen LogP contribution in [0.15, 0.2) is 0 Å². The lowest BCUT2D eigenvalue weighted by Gasteiger charge is -1.88. The molecule has 4 heteroatoms. The van der Waals surface area contributed by atoms with E-state index in [1.165, 1.54) is 0 Å². The summed E-state index contributed by atoms with van der Waals surface area (Å²) in [6.45, 7) is 3.42. The molecule has 1 fully saturated rings. The fourth-order valence-electron chi connectivity index (χ4n) is 0.485. The lowest BCUT2D eigenvalue weighted by molar-refractivity contribution is -0.137. The lowest BCUT2D eigenvalue weighted by Crippen LogP contribution is -2.04. The van der Waals surface area contributed by atoms with Crippen LogP contribution in [0.25, 0.3) is 0 Å². The van der Waals surface area contributed by atoms with E-state index in [1.54, 1.807) is 0 Å². The molecule has 0 aromatic carbocycles. The normalized spacial score (nSPS) is 22.1. The van der Waals surface area contributed by atoms with Gasteiger partial charge in [0.25, 0.3) is 0 Å². The van der Waals surface area contributed by atoms with Crippen molar-refractivity contribution in [1.29, 1.82) is 0 Å². The van der Waals surface area contributed by atoms with E-state index in [0.29, 0.717) is 6.61 Å². The van der Waals surface area contributed by atoms with Crippen LogP contribution in [0.2, 0.25) is 0 Å². The Morgan fingerprint density at radius 2 is 2.36 bits per heavy atom.